The number of amides is 2. The number of esters is 1. The SMILES string of the molecule is CC[C@@H]1C[C@H](N(Cc2cc(C(F)(F)F)cc(C(F)(F)F)c2)c2ncc(-c3cnn(C)c3)cn2)CN1C(=O)N1CCCCC1C(=O)OC. The summed E-state index contributed by atoms with van der Waals surface area (Å²) in [6.45, 7) is 1.92. The molecule has 0 N–H and O–H groups in total. The maximum Gasteiger partial charge on any atom is 0.416 e. The zero-order valence-electron chi connectivity index (χ0n) is 26.1. The Kier molecular flexibility index (Phi) is 9.68. The number of piperidine rings is 1. The van der Waals surface area contributed by atoms with Crippen molar-refractivity contribution in [3.8, 4) is 11.1 Å². The largest absolute Gasteiger partial charge is 0.467 e. The summed E-state index contributed by atoms with van der Waals surface area (Å²) in [6, 6.07) is -0.544. The minimum atomic E-state index is -5.02. The van der Waals surface area contributed by atoms with Crippen LogP contribution in [0.2, 0.25) is 0 Å². The minimum absolute atomic E-state index is 0.0724. The number of carbonyl (C=O) groups excluding carboxylic acids is 2. The van der Waals surface area contributed by atoms with Crippen LogP contribution in [-0.2, 0) is 35.5 Å². The van der Waals surface area contributed by atoms with Crippen molar-refractivity contribution in [2.24, 2.45) is 7.05 Å². The highest BCUT2D eigenvalue weighted by Gasteiger charge is 2.43. The first-order valence-electron chi connectivity index (χ1n) is 15.2. The van der Waals surface area contributed by atoms with E-state index in [0.29, 0.717) is 55.5 Å². The number of methoxy groups -OCH3 is 1. The molecule has 10 nitrogen and oxygen atoms in total. The number of aromatic nitrogens is 4. The van der Waals surface area contributed by atoms with E-state index < -0.39 is 48.1 Å². The second kappa shape index (κ2) is 13.4. The molecule has 16 heteroatoms. The predicted octanol–water partition coefficient (Wildman–Crippen LogP) is 5.92. The molecule has 2 saturated heterocycles. The maximum atomic E-state index is 13.9. The molecule has 2 amide bonds. The molecule has 2 aromatic heterocycles. The van der Waals surface area contributed by atoms with Crippen LogP contribution in [-0.4, -0.2) is 79.9 Å². The van der Waals surface area contributed by atoms with E-state index in [1.54, 1.807) is 33.9 Å². The van der Waals surface area contributed by atoms with E-state index in [0.717, 1.165) is 6.42 Å². The van der Waals surface area contributed by atoms with Gasteiger partial charge in [-0.1, -0.05) is 6.92 Å². The zero-order chi connectivity index (χ0) is 34.1. The van der Waals surface area contributed by atoms with Crippen molar-refractivity contribution < 1.29 is 40.7 Å². The molecule has 0 radical (unpaired) electrons. The van der Waals surface area contributed by atoms with Crippen LogP contribution < -0.4 is 4.90 Å². The van der Waals surface area contributed by atoms with Crippen LogP contribution in [0.1, 0.15) is 55.7 Å². The van der Waals surface area contributed by atoms with Crippen LogP contribution in [0.15, 0.2) is 43.0 Å². The molecule has 3 aromatic rings. The molecule has 0 aliphatic carbocycles. The zero-order valence-corrected chi connectivity index (χ0v) is 26.1. The van der Waals surface area contributed by atoms with Gasteiger partial charge in [-0.05, 0) is 55.9 Å². The lowest BCUT2D eigenvalue weighted by Crippen LogP contribution is -2.54. The Hall–Kier alpha value is -4.37. The van der Waals surface area contributed by atoms with E-state index in [9.17, 15) is 35.9 Å². The van der Waals surface area contributed by atoms with Crippen molar-refractivity contribution in [1.82, 2.24) is 29.5 Å². The predicted molar refractivity (Wildman–Crippen MR) is 158 cm³/mol. The van der Waals surface area contributed by atoms with Gasteiger partial charge in [-0.3, -0.25) is 4.68 Å². The van der Waals surface area contributed by atoms with Gasteiger partial charge in [0.1, 0.15) is 6.04 Å². The number of urea groups is 1. The fourth-order valence-electron chi connectivity index (χ4n) is 6.30. The van der Waals surface area contributed by atoms with Crippen LogP contribution in [0, 0.1) is 0 Å². The number of halogens is 6. The van der Waals surface area contributed by atoms with E-state index in [4.69, 9.17) is 4.74 Å². The van der Waals surface area contributed by atoms with Gasteiger partial charge in [-0.25, -0.2) is 19.6 Å². The number of rotatable bonds is 7. The topological polar surface area (TPSA) is 96.7 Å². The van der Waals surface area contributed by atoms with E-state index >= 15 is 0 Å². The molecular formula is C31H35F6N7O3. The van der Waals surface area contributed by atoms with Crippen molar-refractivity contribution in [1.29, 1.82) is 0 Å². The lowest BCUT2D eigenvalue weighted by atomic mass is 10.0. The monoisotopic (exact) mass is 667 g/mol. The molecule has 1 unspecified atom stereocenters. The van der Waals surface area contributed by atoms with E-state index in [1.165, 1.54) is 24.4 Å². The molecule has 3 atom stereocenters. The number of alkyl halides is 6. The average molecular weight is 668 g/mol. The van der Waals surface area contributed by atoms with Gasteiger partial charge in [0.15, 0.2) is 0 Å². The third kappa shape index (κ3) is 7.46. The van der Waals surface area contributed by atoms with Gasteiger partial charge in [-0.15, -0.1) is 0 Å². The molecule has 2 fully saturated rings. The summed E-state index contributed by atoms with van der Waals surface area (Å²) in [4.78, 5) is 40.0. The van der Waals surface area contributed by atoms with Gasteiger partial charge in [-0.2, -0.15) is 31.4 Å². The summed E-state index contributed by atoms with van der Waals surface area (Å²) in [5.74, 6) is -0.446. The minimum Gasteiger partial charge on any atom is -0.467 e. The van der Waals surface area contributed by atoms with Gasteiger partial charge in [0.05, 0.1) is 30.5 Å². The summed E-state index contributed by atoms with van der Waals surface area (Å²) in [5, 5.41) is 4.12. The number of carbonyl (C=O) groups is 2. The average Bonchev–Trinajstić information content (AvgIpc) is 3.68. The highest BCUT2D eigenvalue weighted by atomic mass is 19.4. The third-order valence-electron chi connectivity index (χ3n) is 8.71. The standard InChI is InChI=1S/C31H35F6N7O3/c1-4-24-12-25(18-44(24)29(46)42-8-6-5-7-26(42)27(45)47-3)43(28-38-13-20(14-39-28)21-15-40-41(2)17-21)16-19-9-22(30(32,33)34)11-23(10-19)31(35,36)37/h9-11,13-15,17,24-26H,4-8,12,16,18H2,1-3H3/t24-,25+,26?/m1/s1. The lowest BCUT2D eigenvalue weighted by Gasteiger charge is -2.38. The van der Waals surface area contributed by atoms with E-state index in [-0.39, 0.29) is 36.2 Å². The number of aryl methyl sites for hydroxylation is 1. The van der Waals surface area contributed by atoms with Crippen molar-refractivity contribution in [3.63, 3.8) is 0 Å². The van der Waals surface area contributed by atoms with Crippen molar-refractivity contribution in [3.05, 3.63) is 59.7 Å². The fraction of sp³-hybridized carbons (Fsp3) is 0.516. The first-order chi connectivity index (χ1) is 22.2. The third-order valence-corrected chi connectivity index (χ3v) is 8.71. The summed E-state index contributed by atoms with van der Waals surface area (Å²) in [7, 11) is 3.00. The maximum absolute atomic E-state index is 13.9. The second-order valence-corrected chi connectivity index (χ2v) is 11.8. The Morgan fingerprint density at radius 2 is 1.62 bits per heavy atom. The van der Waals surface area contributed by atoms with Crippen molar-refractivity contribution in [2.75, 3.05) is 25.1 Å². The number of hydrogen-bond donors (Lipinski definition) is 0. The lowest BCUT2D eigenvalue weighted by molar-refractivity contribution is -0.147. The molecule has 5 rings (SSSR count). The molecular weight excluding hydrogens is 632 g/mol. The molecule has 2 aliphatic heterocycles. The molecule has 0 bridgehead atoms. The molecule has 47 heavy (non-hydrogen) atoms. The van der Waals surface area contributed by atoms with Crippen molar-refractivity contribution in [2.45, 2.75) is 76.1 Å². The number of likely N-dealkylation sites (tertiary alicyclic amines) is 2. The summed E-state index contributed by atoms with van der Waals surface area (Å²) >= 11 is 0. The summed E-state index contributed by atoms with van der Waals surface area (Å²) in [6.07, 6.45) is -0.909. The van der Waals surface area contributed by atoms with Gasteiger partial charge < -0.3 is 19.4 Å². The van der Waals surface area contributed by atoms with E-state index in [2.05, 4.69) is 15.1 Å². The smallest absolute Gasteiger partial charge is 0.416 e. The Morgan fingerprint density at radius 1 is 0.957 bits per heavy atom. The number of nitrogens with zero attached hydrogens (tertiary/aromatic N) is 7. The van der Waals surface area contributed by atoms with Crippen LogP contribution in [0.4, 0.5) is 37.1 Å². The second-order valence-electron chi connectivity index (χ2n) is 11.8. The molecule has 1 aromatic carbocycles. The van der Waals surface area contributed by atoms with Crippen molar-refractivity contribution >= 4 is 17.9 Å². The first kappa shape index (κ1) is 34.0. The summed E-state index contributed by atoms with van der Waals surface area (Å²) in [5.41, 5.74) is -1.78. The number of ether oxygens (including phenoxy) is 1. The normalized spacial score (nSPS) is 20.4. The highest BCUT2D eigenvalue weighted by molar-refractivity contribution is 5.84. The van der Waals surface area contributed by atoms with Crippen LogP contribution in [0.5, 0.6) is 0 Å². The quantitative estimate of drug-likeness (QED) is 0.228. The first-order valence-corrected chi connectivity index (χ1v) is 15.2. The van der Waals surface area contributed by atoms with Crippen LogP contribution >= 0.6 is 0 Å². The Labute approximate surface area is 267 Å². The Balaban J connectivity index is 1.51. The van der Waals surface area contributed by atoms with Gasteiger partial charge in [0, 0.05) is 62.4 Å². The molecule has 254 valence electrons. The van der Waals surface area contributed by atoms with Crippen LogP contribution in [0.3, 0.4) is 0 Å². The number of anilines is 1. The molecule has 4 heterocycles. The molecule has 2 aliphatic rings. The molecule has 0 spiro atoms. The Morgan fingerprint density at radius 3 is 2.17 bits per heavy atom. The van der Waals surface area contributed by atoms with Gasteiger partial charge in [0.2, 0.25) is 5.95 Å². The van der Waals surface area contributed by atoms with Gasteiger partial charge >= 0.3 is 24.4 Å². The van der Waals surface area contributed by atoms with E-state index in [1.807, 2.05) is 6.92 Å². The fourth-order valence-corrected chi connectivity index (χ4v) is 6.30. The summed E-state index contributed by atoms with van der Waals surface area (Å²) < 4.78 is 89.0. The Bertz CT molecular complexity index is 1540. The highest BCUT2D eigenvalue weighted by Crippen LogP contribution is 2.38. The van der Waals surface area contributed by atoms with Gasteiger partial charge in [0.25, 0.3) is 0 Å². The number of benzene rings is 1. The van der Waals surface area contributed by atoms with Crippen LogP contribution in [0.25, 0.3) is 11.1 Å². The molecule has 0 saturated carbocycles. The number of hydrogen-bond acceptors (Lipinski definition) is 7.